The van der Waals surface area contributed by atoms with Gasteiger partial charge in [0, 0.05) is 0 Å². The molecule has 0 aliphatic carbocycles. The van der Waals surface area contributed by atoms with E-state index in [1.54, 1.807) is 0 Å². The van der Waals surface area contributed by atoms with Gasteiger partial charge in [0.25, 0.3) is 0 Å². The van der Waals surface area contributed by atoms with Crippen molar-refractivity contribution in [3.8, 4) is 0 Å². The summed E-state index contributed by atoms with van der Waals surface area (Å²) in [6.45, 7) is 4.55. The fourth-order valence-electron chi connectivity index (χ4n) is 4.58. The van der Waals surface area contributed by atoms with E-state index in [4.69, 9.17) is 9.47 Å². The average Bonchev–Trinajstić information content (AvgIpc) is 2.88. The Morgan fingerprint density at radius 3 is 0.944 bits per heavy atom. The van der Waals surface area contributed by atoms with E-state index in [-0.39, 0.29) is 0 Å². The molecule has 0 amide bonds. The molecule has 0 saturated carbocycles. The molecule has 0 saturated heterocycles. The van der Waals surface area contributed by atoms with E-state index in [0.717, 1.165) is 25.7 Å². The molecule has 36 heavy (non-hydrogen) atoms. The molecule has 3 heteroatoms. The van der Waals surface area contributed by atoms with E-state index in [1.807, 2.05) is 12.2 Å². The van der Waals surface area contributed by atoms with E-state index >= 15 is 0 Å². The Morgan fingerprint density at radius 2 is 0.667 bits per heavy atom. The van der Waals surface area contributed by atoms with Crippen molar-refractivity contribution in [3.05, 3.63) is 24.7 Å². The molecule has 212 valence electrons. The van der Waals surface area contributed by atoms with Crippen LogP contribution >= 0.6 is 0 Å². The lowest BCUT2D eigenvalue weighted by molar-refractivity contribution is 0.119. The first kappa shape index (κ1) is 34.8. The number of allylic oxidation sites excluding steroid dienone is 2. The molecule has 0 spiro atoms. The number of hydrogen-bond donors (Lipinski definition) is 0. The number of carbonyl (C=O) groups excluding carboxylic acids is 1. The van der Waals surface area contributed by atoms with Crippen LogP contribution in [0.15, 0.2) is 24.7 Å². The Morgan fingerprint density at radius 1 is 0.417 bits per heavy atom. The topological polar surface area (TPSA) is 35.5 Å². The number of carbonyl (C=O) groups is 1. The average molecular weight is 507 g/mol. The second-order valence-electron chi connectivity index (χ2n) is 10.6. The first-order valence-electron chi connectivity index (χ1n) is 16.0. The van der Waals surface area contributed by atoms with Gasteiger partial charge in [0.2, 0.25) is 0 Å². The summed E-state index contributed by atoms with van der Waals surface area (Å²) in [4.78, 5) is 11.6. The molecule has 0 aromatic heterocycles. The summed E-state index contributed by atoms with van der Waals surface area (Å²) in [7, 11) is 0. The third-order valence-electron chi connectivity index (χ3n) is 6.97. The van der Waals surface area contributed by atoms with Crippen LogP contribution < -0.4 is 0 Å². The maximum Gasteiger partial charge on any atom is 0.518 e. The first-order valence-corrected chi connectivity index (χ1v) is 16.0. The summed E-state index contributed by atoms with van der Waals surface area (Å²) in [6, 6.07) is 0. The molecule has 0 atom stereocenters. The lowest BCUT2D eigenvalue weighted by atomic mass is 10.0. The van der Waals surface area contributed by atoms with E-state index in [1.165, 1.54) is 154 Å². The summed E-state index contributed by atoms with van der Waals surface area (Å²) >= 11 is 0. The van der Waals surface area contributed by atoms with Crippen molar-refractivity contribution in [2.24, 2.45) is 0 Å². The number of hydrogen-bond acceptors (Lipinski definition) is 3. The zero-order chi connectivity index (χ0) is 26.2. The Bertz CT molecular complexity index is 441. The molecule has 0 N–H and O–H groups in total. The van der Waals surface area contributed by atoms with Gasteiger partial charge in [0.15, 0.2) is 0 Å². The fraction of sp³-hybridized carbons (Fsp3) is 0.848. The molecule has 0 aromatic rings. The lowest BCUT2D eigenvalue weighted by Crippen LogP contribution is -1.97. The minimum atomic E-state index is -0.646. The Hall–Kier alpha value is -1.25. The molecule has 3 nitrogen and oxygen atoms in total. The third-order valence-corrected chi connectivity index (χ3v) is 6.97. The summed E-state index contributed by atoms with van der Waals surface area (Å²) in [5.41, 5.74) is 0. The zero-order valence-electron chi connectivity index (χ0n) is 24.4. The van der Waals surface area contributed by atoms with Crippen LogP contribution in [0.5, 0.6) is 0 Å². The lowest BCUT2D eigenvalue weighted by Gasteiger charge is -2.02. The van der Waals surface area contributed by atoms with Crippen molar-refractivity contribution in [3.63, 3.8) is 0 Å². The van der Waals surface area contributed by atoms with Gasteiger partial charge in [0.1, 0.15) is 0 Å². The maximum atomic E-state index is 11.6. The van der Waals surface area contributed by atoms with Gasteiger partial charge in [-0.05, 0) is 37.8 Å². The van der Waals surface area contributed by atoms with Gasteiger partial charge < -0.3 is 9.47 Å². The van der Waals surface area contributed by atoms with Crippen LogP contribution in [0.3, 0.4) is 0 Å². The molecule has 0 aromatic carbocycles. The van der Waals surface area contributed by atoms with E-state index in [9.17, 15) is 4.79 Å². The van der Waals surface area contributed by atoms with Crippen LogP contribution in [0, 0.1) is 0 Å². The minimum absolute atomic E-state index is 0.646. The molecule has 0 unspecified atom stereocenters. The van der Waals surface area contributed by atoms with Crippen LogP contribution in [-0.2, 0) is 9.47 Å². The van der Waals surface area contributed by atoms with Gasteiger partial charge in [0.05, 0.1) is 12.5 Å². The van der Waals surface area contributed by atoms with E-state index in [2.05, 4.69) is 13.8 Å². The monoisotopic (exact) mass is 506 g/mol. The van der Waals surface area contributed by atoms with Gasteiger partial charge in [-0.3, -0.25) is 0 Å². The highest BCUT2D eigenvalue weighted by molar-refractivity contribution is 5.61. The number of unbranched alkanes of at least 4 members (excludes halogenated alkanes) is 24. The molecule has 0 bridgehead atoms. The Labute approximate surface area is 225 Å². The third kappa shape index (κ3) is 30.8. The molecule has 0 heterocycles. The van der Waals surface area contributed by atoms with E-state index < -0.39 is 6.16 Å². The summed E-state index contributed by atoms with van der Waals surface area (Å²) in [6.07, 6.45) is 40.6. The SMILES string of the molecule is CCCCCCCCCCCCCCC=COC(=O)OC=CCCCCCCCCCCCCCC. The van der Waals surface area contributed by atoms with Crippen LogP contribution in [0.25, 0.3) is 0 Å². The van der Waals surface area contributed by atoms with Crippen LogP contribution in [0.2, 0.25) is 0 Å². The van der Waals surface area contributed by atoms with Crippen molar-refractivity contribution >= 4 is 6.16 Å². The Kier molecular flexibility index (Phi) is 30.7. The predicted octanol–water partition coefficient (Wildman–Crippen LogP) is 12.3. The molecular weight excluding hydrogens is 444 g/mol. The number of ether oxygens (including phenoxy) is 2. The van der Waals surface area contributed by atoms with Gasteiger partial charge in [-0.2, -0.15) is 0 Å². The minimum Gasteiger partial charge on any atom is -0.403 e. The largest absolute Gasteiger partial charge is 0.518 e. The van der Waals surface area contributed by atoms with Crippen molar-refractivity contribution in [1.82, 2.24) is 0 Å². The molecule has 0 aliphatic rings. The van der Waals surface area contributed by atoms with Gasteiger partial charge in [-0.25, -0.2) is 4.79 Å². The zero-order valence-corrected chi connectivity index (χ0v) is 24.4. The number of rotatable bonds is 28. The van der Waals surface area contributed by atoms with Crippen molar-refractivity contribution < 1.29 is 14.3 Å². The molecule has 0 fully saturated rings. The van der Waals surface area contributed by atoms with Gasteiger partial charge in [-0.15, -0.1) is 0 Å². The highest BCUT2D eigenvalue weighted by Gasteiger charge is 1.98. The van der Waals surface area contributed by atoms with Crippen molar-refractivity contribution in [1.29, 1.82) is 0 Å². The smallest absolute Gasteiger partial charge is 0.403 e. The first-order chi connectivity index (χ1) is 17.8. The second kappa shape index (κ2) is 31.8. The van der Waals surface area contributed by atoms with Crippen molar-refractivity contribution in [2.75, 3.05) is 0 Å². The predicted molar refractivity (Wildman–Crippen MR) is 157 cm³/mol. The maximum absolute atomic E-state index is 11.6. The van der Waals surface area contributed by atoms with Gasteiger partial charge >= 0.3 is 6.16 Å². The molecular formula is C33H62O3. The normalized spacial score (nSPS) is 11.6. The fourth-order valence-corrected chi connectivity index (χ4v) is 4.58. The highest BCUT2D eigenvalue weighted by Crippen LogP contribution is 2.14. The molecule has 0 aliphatic heterocycles. The summed E-state index contributed by atoms with van der Waals surface area (Å²) < 4.78 is 9.95. The second-order valence-corrected chi connectivity index (χ2v) is 10.6. The van der Waals surface area contributed by atoms with Gasteiger partial charge in [-0.1, -0.05) is 155 Å². The standard InChI is InChI=1S/C33H62O3/c1-3-5-7-9-11-13-15-17-19-21-23-25-27-29-31-35-33(34)36-32-30-28-26-24-22-20-18-16-14-12-10-8-6-4-2/h29-32H,3-28H2,1-2H3. The molecule has 0 rings (SSSR count). The van der Waals surface area contributed by atoms with Crippen LogP contribution in [0.1, 0.15) is 181 Å². The molecule has 0 radical (unpaired) electrons. The highest BCUT2D eigenvalue weighted by atomic mass is 16.7. The Balaban J connectivity index is 3.29. The quantitative estimate of drug-likeness (QED) is 0.0601. The van der Waals surface area contributed by atoms with Crippen LogP contribution in [-0.4, -0.2) is 6.16 Å². The summed E-state index contributed by atoms with van der Waals surface area (Å²) in [5, 5.41) is 0. The van der Waals surface area contributed by atoms with E-state index in [0.29, 0.717) is 0 Å². The van der Waals surface area contributed by atoms with Crippen molar-refractivity contribution in [2.45, 2.75) is 181 Å². The summed E-state index contributed by atoms with van der Waals surface area (Å²) in [5.74, 6) is 0. The van der Waals surface area contributed by atoms with Crippen LogP contribution in [0.4, 0.5) is 4.79 Å².